The molecular weight excluding hydrogens is 278 g/mol. The fourth-order valence-corrected chi connectivity index (χ4v) is 3.84. The molecule has 6 nitrogen and oxygen atoms in total. The van der Waals surface area contributed by atoms with Crippen molar-refractivity contribution in [1.29, 1.82) is 0 Å². The summed E-state index contributed by atoms with van der Waals surface area (Å²) >= 11 is 0. The Labute approximate surface area is 120 Å². The maximum Gasteiger partial charge on any atom is 0.214 e. The topological polar surface area (TPSA) is 72.4 Å². The van der Waals surface area contributed by atoms with E-state index in [4.69, 9.17) is 4.74 Å². The Hall–Kier alpha value is -1.05. The predicted molar refractivity (Wildman–Crippen MR) is 75.8 cm³/mol. The highest BCUT2D eigenvalue weighted by Crippen LogP contribution is 2.23. The lowest BCUT2D eigenvalue weighted by molar-refractivity contribution is -0.00511. The van der Waals surface area contributed by atoms with Gasteiger partial charge >= 0.3 is 0 Å². The third kappa shape index (κ3) is 3.53. The van der Waals surface area contributed by atoms with Crippen LogP contribution in [0.3, 0.4) is 0 Å². The van der Waals surface area contributed by atoms with Gasteiger partial charge in [0, 0.05) is 18.8 Å². The molecule has 20 heavy (non-hydrogen) atoms. The van der Waals surface area contributed by atoms with Crippen molar-refractivity contribution in [3.05, 3.63) is 23.3 Å². The minimum atomic E-state index is -3.18. The van der Waals surface area contributed by atoms with Gasteiger partial charge in [0.2, 0.25) is 10.0 Å². The SMILES string of the molecule is CCCS(=O)(=O)N1CCO[C@H](c2cc(C)nc(C)n2)C1. The van der Waals surface area contributed by atoms with Crippen LogP contribution in [0.25, 0.3) is 0 Å². The highest BCUT2D eigenvalue weighted by molar-refractivity contribution is 7.89. The van der Waals surface area contributed by atoms with Crippen LogP contribution in [0.1, 0.15) is 36.7 Å². The van der Waals surface area contributed by atoms with Crippen molar-refractivity contribution in [2.45, 2.75) is 33.3 Å². The van der Waals surface area contributed by atoms with Gasteiger partial charge in [0.1, 0.15) is 11.9 Å². The molecule has 1 aliphatic rings. The van der Waals surface area contributed by atoms with Gasteiger partial charge in [-0.2, -0.15) is 4.31 Å². The highest BCUT2D eigenvalue weighted by Gasteiger charge is 2.30. The molecule has 1 aromatic heterocycles. The second kappa shape index (κ2) is 6.15. The number of rotatable bonds is 4. The van der Waals surface area contributed by atoms with Crippen molar-refractivity contribution < 1.29 is 13.2 Å². The molecule has 0 radical (unpaired) electrons. The third-order valence-electron chi connectivity index (χ3n) is 3.20. The Morgan fingerprint density at radius 1 is 1.40 bits per heavy atom. The fourth-order valence-electron chi connectivity index (χ4n) is 2.35. The van der Waals surface area contributed by atoms with Crippen LogP contribution >= 0.6 is 0 Å². The minimum Gasteiger partial charge on any atom is -0.369 e. The van der Waals surface area contributed by atoms with Gasteiger partial charge in [0.25, 0.3) is 0 Å². The molecule has 0 spiro atoms. The van der Waals surface area contributed by atoms with Crippen molar-refractivity contribution in [3.8, 4) is 0 Å². The Morgan fingerprint density at radius 3 is 2.80 bits per heavy atom. The molecule has 2 heterocycles. The van der Waals surface area contributed by atoms with Crippen molar-refractivity contribution >= 4 is 10.0 Å². The number of ether oxygens (including phenoxy) is 1. The molecule has 1 fully saturated rings. The molecule has 1 aliphatic heterocycles. The summed E-state index contributed by atoms with van der Waals surface area (Å²) in [5.74, 6) is 0.860. The van der Waals surface area contributed by atoms with E-state index in [0.717, 1.165) is 11.4 Å². The van der Waals surface area contributed by atoms with E-state index in [2.05, 4.69) is 9.97 Å². The Morgan fingerprint density at radius 2 is 2.15 bits per heavy atom. The first-order valence-corrected chi connectivity index (χ1v) is 8.45. The van der Waals surface area contributed by atoms with Gasteiger partial charge in [-0.3, -0.25) is 0 Å². The van der Waals surface area contributed by atoms with E-state index >= 15 is 0 Å². The number of aromatic nitrogens is 2. The quantitative estimate of drug-likeness (QED) is 0.835. The third-order valence-corrected chi connectivity index (χ3v) is 5.24. The molecule has 1 saturated heterocycles. The predicted octanol–water partition coefficient (Wildman–Crippen LogP) is 1.21. The van der Waals surface area contributed by atoms with Gasteiger partial charge in [-0.1, -0.05) is 6.92 Å². The average molecular weight is 299 g/mol. The molecule has 0 saturated carbocycles. The molecule has 0 amide bonds. The first-order chi connectivity index (χ1) is 9.42. The van der Waals surface area contributed by atoms with Crippen molar-refractivity contribution in [1.82, 2.24) is 14.3 Å². The van der Waals surface area contributed by atoms with Gasteiger partial charge in [-0.05, 0) is 26.3 Å². The molecule has 0 aliphatic carbocycles. The van der Waals surface area contributed by atoms with Crippen LogP contribution in [0.5, 0.6) is 0 Å². The summed E-state index contributed by atoms with van der Waals surface area (Å²) in [6, 6.07) is 1.85. The van der Waals surface area contributed by atoms with Crippen LogP contribution in [0.2, 0.25) is 0 Å². The normalized spacial score (nSPS) is 21.1. The van der Waals surface area contributed by atoms with Gasteiger partial charge in [-0.15, -0.1) is 0 Å². The summed E-state index contributed by atoms with van der Waals surface area (Å²) in [7, 11) is -3.18. The molecular formula is C13H21N3O3S. The van der Waals surface area contributed by atoms with E-state index in [1.54, 1.807) is 0 Å². The van der Waals surface area contributed by atoms with Crippen LogP contribution in [0, 0.1) is 13.8 Å². The molecule has 1 aromatic rings. The Bertz CT molecular complexity index is 554. The van der Waals surface area contributed by atoms with Crippen LogP contribution in [0.4, 0.5) is 0 Å². The number of aryl methyl sites for hydroxylation is 2. The second-order valence-electron chi connectivity index (χ2n) is 5.01. The van der Waals surface area contributed by atoms with Crippen LogP contribution in [0.15, 0.2) is 6.07 Å². The van der Waals surface area contributed by atoms with Crippen molar-refractivity contribution in [3.63, 3.8) is 0 Å². The van der Waals surface area contributed by atoms with E-state index in [0.29, 0.717) is 31.9 Å². The van der Waals surface area contributed by atoms with Gasteiger partial charge in [0.05, 0.1) is 18.1 Å². The van der Waals surface area contributed by atoms with Crippen LogP contribution in [-0.2, 0) is 14.8 Å². The zero-order valence-corrected chi connectivity index (χ0v) is 13.0. The van der Waals surface area contributed by atoms with E-state index in [1.807, 2.05) is 26.8 Å². The number of sulfonamides is 1. The Balaban J connectivity index is 2.18. The van der Waals surface area contributed by atoms with E-state index in [1.165, 1.54) is 4.31 Å². The highest BCUT2D eigenvalue weighted by atomic mass is 32.2. The average Bonchev–Trinajstić information content (AvgIpc) is 2.38. The van der Waals surface area contributed by atoms with Crippen LogP contribution in [-0.4, -0.2) is 48.1 Å². The molecule has 2 rings (SSSR count). The summed E-state index contributed by atoms with van der Waals surface area (Å²) in [6.07, 6.45) is 0.312. The molecule has 112 valence electrons. The number of hydrogen-bond acceptors (Lipinski definition) is 5. The lowest BCUT2D eigenvalue weighted by Crippen LogP contribution is -2.43. The number of morpholine rings is 1. The molecule has 0 N–H and O–H groups in total. The maximum atomic E-state index is 12.1. The van der Waals surface area contributed by atoms with Gasteiger partial charge < -0.3 is 4.74 Å². The van der Waals surface area contributed by atoms with Crippen LogP contribution < -0.4 is 0 Å². The molecule has 1 atom stereocenters. The summed E-state index contributed by atoms with van der Waals surface area (Å²) in [5, 5.41) is 0. The minimum absolute atomic E-state index is 0.182. The summed E-state index contributed by atoms with van der Waals surface area (Å²) in [4.78, 5) is 8.59. The monoisotopic (exact) mass is 299 g/mol. The second-order valence-corrected chi connectivity index (χ2v) is 7.10. The zero-order valence-electron chi connectivity index (χ0n) is 12.2. The molecule has 0 unspecified atom stereocenters. The van der Waals surface area contributed by atoms with Crippen molar-refractivity contribution in [2.24, 2.45) is 0 Å². The van der Waals surface area contributed by atoms with E-state index < -0.39 is 10.0 Å². The number of nitrogens with zero attached hydrogens (tertiary/aromatic N) is 3. The number of hydrogen-bond donors (Lipinski definition) is 0. The maximum absolute atomic E-state index is 12.1. The lowest BCUT2D eigenvalue weighted by Gasteiger charge is -2.31. The largest absolute Gasteiger partial charge is 0.369 e. The molecule has 0 bridgehead atoms. The molecule has 0 aromatic carbocycles. The summed E-state index contributed by atoms with van der Waals surface area (Å²) in [5.41, 5.74) is 1.62. The fraction of sp³-hybridized carbons (Fsp3) is 0.692. The molecule has 7 heteroatoms. The summed E-state index contributed by atoms with van der Waals surface area (Å²) < 4.78 is 31.5. The smallest absolute Gasteiger partial charge is 0.214 e. The van der Waals surface area contributed by atoms with Gasteiger partial charge in [-0.25, -0.2) is 18.4 Å². The first kappa shape index (κ1) is 15.3. The van der Waals surface area contributed by atoms with E-state index in [9.17, 15) is 8.42 Å². The van der Waals surface area contributed by atoms with Crippen molar-refractivity contribution in [2.75, 3.05) is 25.4 Å². The zero-order chi connectivity index (χ0) is 14.8. The van der Waals surface area contributed by atoms with Gasteiger partial charge in [0.15, 0.2) is 0 Å². The van der Waals surface area contributed by atoms with E-state index in [-0.39, 0.29) is 11.9 Å². The standard InChI is InChI=1S/C13H21N3O3S/c1-4-7-20(17,18)16-5-6-19-13(9-16)12-8-10(2)14-11(3)15-12/h8,13H,4-7,9H2,1-3H3/t13-/m0/s1. The Kier molecular flexibility index (Phi) is 4.72. The first-order valence-electron chi connectivity index (χ1n) is 6.84. The summed E-state index contributed by atoms with van der Waals surface area (Å²) in [6.45, 7) is 6.74. The lowest BCUT2D eigenvalue weighted by atomic mass is 10.2.